The van der Waals surface area contributed by atoms with Crippen LogP contribution in [0, 0.1) is 10.1 Å². The maximum atomic E-state index is 12.8. The fraction of sp³-hybridized carbons (Fsp3) is 0.524. The number of aliphatic hydroxyl groups is 3. The van der Waals surface area contributed by atoms with E-state index in [1.165, 1.54) is 23.4 Å². The molecule has 2 unspecified atom stereocenters. The molecule has 5 rings (SSSR count). The lowest BCUT2D eigenvalue weighted by atomic mass is 10.1. The van der Waals surface area contributed by atoms with Gasteiger partial charge in [-0.05, 0) is 6.42 Å². The summed E-state index contributed by atoms with van der Waals surface area (Å²) in [5, 5.41) is 41.8. The molecule has 2 aromatic heterocycles. The van der Waals surface area contributed by atoms with Crippen LogP contribution in [-0.4, -0.2) is 126 Å². The standard InChI is InChI=1S/C21H29N8O20P3/c22-16-11-18(25-7-24-16)28(8-26-11)20-14(47-50(36,37)38)15(32)21(46-20,48-29(34)35)6-44-52(41,42)49-51(39,40)43-5-10-12(30)13(31)19(45-10)27-3-1-2-9(4-27)17(23)33/h1,3-4,7-8,10,12-15,19-20,30-32H,2,5-6H2,(H2,23,33)(H,39,40)(H,41,42)(H2,22,24,25)(H2,36,37,38)/t10-,12-,13-,14-,15-,19-,20-,21-/m1/s1. The Labute approximate surface area is 288 Å². The van der Waals surface area contributed by atoms with Crippen molar-refractivity contribution in [3.8, 4) is 0 Å². The monoisotopic (exact) mass is 806 g/mol. The lowest BCUT2D eigenvalue weighted by Crippen LogP contribution is -2.50. The Morgan fingerprint density at radius 3 is 2.42 bits per heavy atom. The van der Waals surface area contributed by atoms with Crippen molar-refractivity contribution in [3.63, 3.8) is 0 Å². The Hall–Kier alpha value is -3.53. The molecule has 10 atom stereocenters. The number of rotatable bonds is 15. The number of primary amides is 1. The number of nitrogens with zero attached hydrogens (tertiary/aromatic N) is 6. The van der Waals surface area contributed by atoms with E-state index in [0.29, 0.717) is 0 Å². The van der Waals surface area contributed by atoms with Crippen molar-refractivity contribution in [2.75, 3.05) is 18.9 Å². The maximum absolute atomic E-state index is 12.8. The summed E-state index contributed by atoms with van der Waals surface area (Å²) in [6.45, 7) is -2.81. The number of carbonyl (C=O) groups is 1. The third-order valence-electron chi connectivity index (χ3n) is 7.42. The molecule has 52 heavy (non-hydrogen) atoms. The van der Waals surface area contributed by atoms with E-state index in [-0.39, 0.29) is 29.0 Å². The third kappa shape index (κ3) is 8.64. The summed E-state index contributed by atoms with van der Waals surface area (Å²) in [5.74, 6) is -4.26. The zero-order chi connectivity index (χ0) is 38.4. The summed E-state index contributed by atoms with van der Waals surface area (Å²) in [4.78, 5) is 79.4. The minimum absolute atomic E-state index is 0.107. The summed E-state index contributed by atoms with van der Waals surface area (Å²) in [6.07, 6.45) is -7.29. The number of hydrogen-bond donors (Lipinski definition) is 9. The smallest absolute Gasteiger partial charge is 0.387 e. The van der Waals surface area contributed by atoms with Crippen molar-refractivity contribution in [1.29, 1.82) is 0 Å². The van der Waals surface area contributed by atoms with Crippen LogP contribution in [-0.2, 0) is 50.7 Å². The van der Waals surface area contributed by atoms with Crippen molar-refractivity contribution >= 4 is 46.4 Å². The van der Waals surface area contributed by atoms with Crippen LogP contribution >= 0.6 is 23.5 Å². The van der Waals surface area contributed by atoms with Gasteiger partial charge in [0.2, 0.25) is 5.91 Å². The average Bonchev–Trinajstić information content (AvgIpc) is 3.67. The van der Waals surface area contributed by atoms with Gasteiger partial charge in [-0.1, -0.05) is 6.08 Å². The maximum Gasteiger partial charge on any atom is 0.481 e. The highest BCUT2D eigenvalue weighted by atomic mass is 31.3. The molecule has 0 saturated carbocycles. The number of aliphatic hydroxyl groups excluding tert-OH is 3. The molecule has 288 valence electrons. The van der Waals surface area contributed by atoms with Gasteiger partial charge < -0.3 is 60.7 Å². The number of nitrogen functional groups attached to an aromatic ring is 1. The highest BCUT2D eigenvalue weighted by Gasteiger charge is 2.62. The van der Waals surface area contributed by atoms with E-state index in [9.17, 15) is 63.5 Å². The van der Waals surface area contributed by atoms with Crippen molar-refractivity contribution in [3.05, 3.63) is 46.8 Å². The number of hydrogen-bond acceptors (Lipinski definition) is 21. The van der Waals surface area contributed by atoms with Gasteiger partial charge in [0, 0.05) is 18.0 Å². The van der Waals surface area contributed by atoms with E-state index in [1.54, 1.807) is 0 Å². The zero-order valence-electron chi connectivity index (χ0n) is 25.7. The lowest BCUT2D eigenvalue weighted by Gasteiger charge is -2.29. The number of aromatic nitrogens is 4. The molecule has 28 nitrogen and oxygen atoms in total. The number of anilines is 1. The molecule has 0 aromatic carbocycles. The van der Waals surface area contributed by atoms with Crippen LogP contribution in [0.5, 0.6) is 0 Å². The normalized spacial score (nSPS) is 31.6. The molecule has 0 spiro atoms. The number of imidazole rings is 1. The van der Waals surface area contributed by atoms with Gasteiger partial charge in [-0.2, -0.15) is 4.31 Å². The van der Waals surface area contributed by atoms with Crippen LogP contribution < -0.4 is 11.5 Å². The highest BCUT2D eigenvalue weighted by Crippen LogP contribution is 2.61. The van der Waals surface area contributed by atoms with E-state index in [2.05, 4.69) is 37.7 Å². The SMILES string of the molecule is NC(=O)C1=CN([C@@H]2O[C@H](COP(=O)(O)OP(=O)(O)OC[C@]3(O[N+](=O)[O-])O[C@@H](n4cnc5c(N)ncnc54)[C@H](OP(=O)(O)O)[C@H]3O)[C@@H](O)[C@H]2O)C=CC1. The topological polar surface area (TPSA) is 417 Å². The van der Waals surface area contributed by atoms with Crippen molar-refractivity contribution in [2.45, 2.75) is 55.2 Å². The fourth-order valence-corrected chi connectivity index (χ4v) is 7.80. The van der Waals surface area contributed by atoms with Gasteiger partial charge in [0.05, 0.1) is 12.9 Å². The Bertz CT molecular complexity index is 1910. The third-order valence-corrected chi connectivity index (χ3v) is 10.5. The minimum atomic E-state index is -5.91. The van der Waals surface area contributed by atoms with E-state index in [0.717, 1.165) is 17.2 Å². The summed E-state index contributed by atoms with van der Waals surface area (Å²) in [7, 11) is -17.2. The molecule has 2 saturated heterocycles. The Morgan fingerprint density at radius 2 is 1.77 bits per heavy atom. The summed E-state index contributed by atoms with van der Waals surface area (Å²) < 4.78 is 66.9. The first-order valence-electron chi connectivity index (χ1n) is 14.1. The second-order valence-corrected chi connectivity index (χ2v) is 15.1. The first kappa shape index (κ1) is 39.7. The highest BCUT2D eigenvalue weighted by molar-refractivity contribution is 7.61. The second kappa shape index (κ2) is 14.7. The molecule has 11 N–H and O–H groups in total. The van der Waals surface area contributed by atoms with Gasteiger partial charge >= 0.3 is 23.5 Å². The molecule has 31 heteroatoms. The summed E-state index contributed by atoms with van der Waals surface area (Å²) >= 11 is 0. The molecular weight excluding hydrogens is 777 g/mol. The van der Waals surface area contributed by atoms with Crippen LogP contribution in [0.2, 0.25) is 0 Å². The van der Waals surface area contributed by atoms with Gasteiger partial charge in [0.1, 0.15) is 49.0 Å². The fourth-order valence-electron chi connectivity index (χ4n) is 5.16. The summed E-state index contributed by atoms with van der Waals surface area (Å²) in [6, 6.07) is 0. The van der Waals surface area contributed by atoms with Gasteiger partial charge in [-0.15, -0.1) is 10.1 Å². The van der Waals surface area contributed by atoms with Crippen LogP contribution in [0.15, 0.2) is 36.7 Å². The summed E-state index contributed by atoms with van der Waals surface area (Å²) in [5.41, 5.74) is 10.8. The van der Waals surface area contributed by atoms with E-state index < -0.39 is 96.4 Å². The molecule has 2 fully saturated rings. The molecule has 5 heterocycles. The number of phosphoric ester groups is 3. The molecule has 1 amide bonds. The van der Waals surface area contributed by atoms with Crippen LogP contribution in [0.1, 0.15) is 12.6 Å². The predicted molar refractivity (Wildman–Crippen MR) is 160 cm³/mol. The van der Waals surface area contributed by atoms with Gasteiger partial charge in [0.25, 0.3) is 10.9 Å². The zero-order valence-corrected chi connectivity index (χ0v) is 28.4. The minimum Gasteiger partial charge on any atom is -0.387 e. The van der Waals surface area contributed by atoms with Crippen LogP contribution in [0.25, 0.3) is 11.2 Å². The van der Waals surface area contributed by atoms with E-state index >= 15 is 0 Å². The molecule has 3 aliphatic rings. The molecule has 0 radical (unpaired) electrons. The van der Waals surface area contributed by atoms with Gasteiger partial charge in [-0.25, -0.2) is 28.6 Å². The lowest BCUT2D eigenvalue weighted by molar-refractivity contribution is -0.799. The predicted octanol–water partition coefficient (Wildman–Crippen LogP) is -3.03. The largest absolute Gasteiger partial charge is 0.481 e. The Balaban J connectivity index is 1.29. The number of nitrogens with two attached hydrogens (primary N) is 2. The van der Waals surface area contributed by atoms with Crippen LogP contribution in [0.3, 0.4) is 0 Å². The first-order valence-corrected chi connectivity index (χ1v) is 18.6. The molecule has 0 bridgehead atoms. The molecular formula is C21H29N8O20P3. The van der Waals surface area contributed by atoms with E-state index in [1.807, 2.05) is 0 Å². The quantitative estimate of drug-likeness (QED) is 0.0491. The van der Waals surface area contributed by atoms with Crippen molar-refractivity contribution < 1.29 is 90.7 Å². The number of allylic oxidation sites excluding steroid dienone is 1. The number of phosphoric acid groups is 3. The Morgan fingerprint density at radius 1 is 1.08 bits per heavy atom. The first-order chi connectivity index (χ1) is 24.1. The van der Waals surface area contributed by atoms with Gasteiger partial charge in [-0.3, -0.25) is 27.8 Å². The number of amides is 1. The number of fused-ring (bicyclic) bond motifs is 1. The number of ether oxygens (including phenoxy) is 2. The molecule has 3 aliphatic heterocycles. The number of carbonyl (C=O) groups excluding carboxylic acids is 1. The molecule has 0 aliphatic carbocycles. The average molecular weight is 806 g/mol. The second-order valence-electron chi connectivity index (χ2n) is 10.9. The Kier molecular flexibility index (Phi) is 11.2. The van der Waals surface area contributed by atoms with E-state index in [4.69, 9.17) is 20.9 Å². The van der Waals surface area contributed by atoms with Crippen LogP contribution in [0.4, 0.5) is 5.82 Å². The van der Waals surface area contributed by atoms with Crippen molar-refractivity contribution in [2.24, 2.45) is 5.73 Å². The van der Waals surface area contributed by atoms with Gasteiger partial charge in [0.15, 0.2) is 23.9 Å². The van der Waals surface area contributed by atoms with Crippen molar-refractivity contribution in [1.82, 2.24) is 24.4 Å². The molecule has 2 aromatic rings.